The fourth-order valence-corrected chi connectivity index (χ4v) is 4.75. The van der Waals surface area contributed by atoms with E-state index in [1.165, 1.54) is 16.4 Å². The Labute approximate surface area is 162 Å². The van der Waals surface area contributed by atoms with Gasteiger partial charge in [0.15, 0.2) is 0 Å². The van der Waals surface area contributed by atoms with Gasteiger partial charge in [0.25, 0.3) is 5.91 Å². The first-order chi connectivity index (χ1) is 11.9. The van der Waals surface area contributed by atoms with Crippen molar-refractivity contribution in [3.05, 3.63) is 51.0 Å². The van der Waals surface area contributed by atoms with E-state index in [2.05, 4.69) is 42.2 Å². The highest BCUT2D eigenvalue weighted by atomic mass is 79.9. The summed E-state index contributed by atoms with van der Waals surface area (Å²) in [6.07, 6.45) is 3.29. The Kier molecular flexibility index (Phi) is 5.57. The summed E-state index contributed by atoms with van der Waals surface area (Å²) in [4.78, 5) is 16.7. The molecule has 1 aromatic carbocycles. The molecule has 2 heterocycles. The topological polar surface area (TPSA) is 79.4 Å². The Morgan fingerprint density at radius 3 is 2.48 bits per heavy atom. The lowest BCUT2D eigenvalue weighted by molar-refractivity contribution is 0.102. The van der Waals surface area contributed by atoms with Gasteiger partial charge in [0.2, 0.25) is 10.0 Å². The molecule has 3 rings (SSSR count). The molecule has 0 atom stereocenters. The number of anilines is 1. The molecule has 0 unspecified atom stereocenters. The van der Waals surface area contributed by atoms with Crippen LogP contribution in [-0.4, -0.2) is 36.7 Å². The van der Waals surface area contributed by atoms with E-state index < -0.39 is 15.9 Å². The Morgan fingerprint density at radius 1 is 1.12 bits per heavy atom. The number of carbonyl (C=O) groups excluding carboxylic acids is 1. The lowest BCUT2D eigenvalue weighted by Crippen LogP contribution is -2.28. The van der Waals surface area contributed by atoms with Crippen LogP contribution < -0.4 is 5.32 Å². The zero-order chi connectivity index (χ0) is 18.0. The van der Waals surface area contributed by atoms with E-state index >= 15 is 0 Å². The fourth-order valence-electron chi connectivity index (χ4n) is 2.55. The second-order valence-electron chi connectivity index (χ2n) is 5.57. The van der Waals surface area contributed by atoms with Gasteiger partial charge < -0.3 is 5.32 Å². The summed E-state index contributed by atoms with van der Waals surface area (Å²) in [5.41, 5.74) is 0.241. The molecule has 0 bridgehead atoms. The Balaban J connectivity index is 1.88. The number of benzene rings is 1. The first kappa shape index (κ1) is 18.5. The number of halogens is 2. The molecule has 1 N–H and O–H groups in total. The highest BCUT2D eigenvalue weighted by Crippen LogP contribution is 2.26. The third-order valence-corrected chi connectivity index (χ3v) is 6.91. The molecular weight excluding hydrogens is 474 g/mol. The Hall–Kier alpha value is -1.29. The van der Waals surface area contributed by atoms with Crippen LogP contribution in [-0.2, 0) is 10.0 Å². The normalized spacial score (nSPS) is 15.3. The van der Waals surface area contributed by atoms with Gasteiger partial charge in [-0.1, -0.05) is 0 Å². The van der Waals surface area contributed by atoms with Crippen LogP contribution >= 0.6 is 31.9 Å². The quantitative estimate of drug-likeness (QED) is 0.712. The number of rotatable bonds is 4. The first-order valence-corrected chi connectivity index (χ1v) is 10.6. The maximum absolute atomic E-state index is 12.7. The van der Waals surface area contributed by atoms with E-state index in [-0.39, 0.29) is 10.5 Å². The summed E-state index contributed by atoms with van der Waals surface area (Å²) in [5.74, 6) is -0.0481. The van der Waals surface area contributed by atoms with Crippen LogP contribution in [0, 0.1) is 0 Å². The maximum atomic E-state index is 12.7. The minimum absolute atomic E-state index is 0.117. The highest BCUT2D eigenvalue weighted by Gasteiger charge is 2.28. The average molecular weight is 489 g/mol. The standard InChI is InChI=1S/C16H15Br2N3O3S/c17-11-3-6-15(19-10-11)20-16(22)13-9-12(4-5-14(13)18)25(23,24)21-7-1-2-8-21/h3-6,9-10H,1-2,7-8H2,(H,19,20,22). The van der Waals surface area contributed by atoms with Crippen LogP contribution in [0.25, 0.3) is 0 Å². The van der Waals surface area contributed by atoms with Crippen LogP contribution in [0.3, 0.4) is 0 Å². The number of aromatic nitrogens is 1. The van der Waals surface area contributed by atoms with Crippen molar-refractivity contribution in [1.82, 2.24) is 9.29 Å². The number of sulfonamides is 1. The Bertz CT molecular complexity index is 895. The third-order valence-electron chi connectivity index (χ3n) is 3.85. The number of nitrogens with one attached hydrogen (secondary N) is 1. The first-order valence-electron chi connectivity index (χ1n) is 7.60. The number of hydrogen-bond acceptors (Lipinski definition) is 4. The predicted molar refractivity (Wildman–Crippen MR) is 102 cm³/mol. The van der Waals surface area contributed by atoms with E-state index in [1.807, 2.05) is 0 Å². The summed E-state index contributed by atoms with van der Waals surface area (Å²) < 4.78 is 28.1. The zero-order valence-electron chi connectivity index (χ0n) is 13.1. The molecule has 6 nitrogen and oxygen atoms in total. The number of amides is 1. The smallest absolute Gasteiger partial charge is 0.258 e. The summed E-state index contributed by atoms with van der Waals surface area (Å²) in [6.45, 7) is 1.03. The van der Waals surface area contributed by atoms with Crippen molar-refractivity contribution >= 4 is 53.6 Å². The molecule has 1 aliphatic rings. The second kappa shape index (κ2) is 7.53. The molecule has 132 valence electrons. The second-order valence-corrected chi connectivity index (χ2v) is 9.28. The molecule has 0 spiro atoms. The highest BCUT2D eigenvalue weighted by molar-refractivity contribution is 9.10. The molecule has 1 fully saturated rings. The van der Waals surface area contributed by atoms with Crippen LogP contribution in [0.5, 0.6) is 0 Å². The van der Waals surface area contributed by atoms with Gasteiger partial charge in [0.1, 0.15) is 5.82 Å². The van der Waals surface area contributed by atoms with Crippen LogP contribution in [0.15, 0.2) is 50.4 Å². The molecule has 0 saturated carbocycles. The summed E-state index contributed by atoms with van der Waals surface area (Å²) in [7, 11) is -3.58. The monoisotopic (exact) mass is 487 g/mol. The number of carbonyl (C=O) groups is 1. The van der Waals surface area contributed by atoms with Gasteiger partial charge in [-0.3, -0.25) is 4.79 Å². The van der Waals surface area contributed by atoms with E-state index in [0.717, 1.165) is 17.3 Å². The van der Waals surface area contributed by atoms with E-state index in [9.17, 15) is 13.2 Å². The SMILES string of the molecule is O=C(Nc1ccc(Br)cn1)c1cc(S(=O)(=O)N2CCCC2)ccc1Br. The van der Waals surface area contributed by atoms with Crippen molar-refractivity contribution in [2.45, 2.75) is 17.7 Å². The van der Waals surface area contributed by atoms with Crippen molar-refractivity contribution in [3.63, 3.8) is 0 Å². The van der Waals surface area contributed by atoms with Gasteiger partial charge >= 0.3 is 0 Å². The maximum Gasteiger partial charge on any atom is 0.258 e. The lowest BCUT2D eigenvalue weighted by Gasteiger charge is -2.16. The molecule has 25 heavy (non-hydrogen) atoms. The van der Waals surface area contributed by atoms with Crippen molar-refractivity contribution < 1.29 is 13.2 Å². The van der Waals surface area contributed by atoms with Gasteiger partial charge in [0.05, 0.1) is 10.5 Å². The van der Waals surface area contributed by atoms with Gasteiger partial charge in [0, 0.05) is 28.2 Å². The molecule has 2 aromatic rings. The van der Waals surface area contributed by atoms with Crippen LogP contribution in [0.1, 0.15) is 23.2 Å². The molecule has 1 aliphatic heterocycles. The van der Waals surface area contributed by atoms with Crippen LogP contribution in [0.2, 0.25) is 0 Å². The van der Waals surface area contributed by atoms with Crippen molar-refractivity contribution in [2.24, 2.45) is 0 Å². The molecule has 1 amide bonds. The van der Waals surface area contributed by atoms with Crippen molar-refractivity contribution in [3.8, 4) is 0 Å². The summed E-state index contributed by atoms with van der Waals surface area (Å²) in [5, 5.41) is 2.67. The van der Waals surface area contributed by atoms with Crippen LogP contribution in [0.4, 0.5) is 5.82 Å². The number of nitrogens with zero attached hydrogens (tertiary/aromatic N) is 2. The van der Waals surface area contributed by atoms with Gasteiger partial charge in [-0.15, -0.1) is 0 Å². The largest absolute Gasteiger partial charge is 0.307 e. The van der Waals surface area contributed by atoms with Gasteiger partial charge in [-0.2, -0.15) is 4.31 Å². The summed E-state index contributed by atoms with van der Waals surface area (Å²) in [6, 6.07) is 7.89. The van der Waals surface area contributed by atoms with E-state index in [4.69, 9.17) is 0 Å². The predicted octanol–water partition coefficient (Wildman–Crippen LogP) is 3.64. The summed E-state index contributed by atoms with van der Waals surface area (Å²) >= 11 is 6.59. The van der Waals surface area contributed by atoms with E-state index in [0.29, 0.717) is 23.4 Å². The average Bonchev–Trinajstić information content (AvgIpc) is 3.12. The molecular formula is C16H15Br2N3O3S. The molecule has 0 aliphatic carbocycles. The van der Waals surface area contributed by atoms with Crippen molar-refractivity contribution in [1.29, 1.82) is 0 Å². The minimum Gasteiger partial charge on any atom is -0.307 e. The molecule has 1 aromatic heterocycles. The fraction of sp³-hybridized carbons (Fsp3) is 0.250. The molecule has 1 saturated heterocycles. The van der Waals surface area contributed by atoms with Gasteiger partial charge in [-0.25, -0.2) is 13.4 Å². The lowest BCUT2D eigenvalue weighted by atomic mass is 10.2. The molecule has 9 heteroatoms. The van der Waals surface area contributed by atoms with Crippen molar-refractivity contribution in [2.75, 3.05) is 18.4 Å². The zero-order valence-corrected chi connectivity index (χ0v) is 17.1. The molecule has 0 radical (unpaired) electrons. The number of pyridine rings is 1. The van der Waals surface area contributed by atoms with E-state index in [1.54, 1.807) is 24.4 Å². The van der Waals surface area contributed by atoms with Gasteiger partial charge in [-0.05, 0) is 75.0 Å². The number of hydrogen-bond donors (Lipinski definition) is 1. The Morgan fingerprint density at radius 2 is 1.84 bits per heavy atom. The third kappa shape index (κ3) is 4.11. The minimum atomic E-state index is -3.58.